The van der Waals surface area contributed by atoms with E-state index in [1.54, 1.807) is 0 Å². The molecule has 0 aromatic rings. The summed E-state index contributed by atoms with van der Waals surface area (Å²) in [6.45, 7) is 3.94. The minimum atomic E-state index is -0.927. The first-order valence-corrected chi connectivity index (χ1v) is 2.10. The Bertz CT molecular complexity index is 38.7. The molecule has 1 unspecified atom stereocenters. The van der Waals surface area contributed by atoms with E-state index in [-0.39, 0.29) is 0 Å². The highest BCUT2D eigenvalue weighted by atomic mass is 16.6. The van der Waals surface area contributed by atoms with Crippen molar-refractivity contribution in [2.45, 2.75) is 6.29 Å². The molecule has 0 aliphatic rings. The Balaban J connectivity index is 2.68. The summed E-state index contributed by atoms with van der Waals surface area (Å²) in [5.41, 5.74) is 5.01. The lowest BCUT2D eigenvalue weighted by Crippen LogP contribution is -2.14. The summed E-state index contributed by atoms with van der Waals surface area (Å²) in [5, 5.41) is 8.29. The third-order valence-electron chi connectivity index (χ3n) is 0.428. The molecule has 0 aromatic heterocycles. The molecular formula is C4H10NO2. The second kappa shape index (κ2) is 4.05. The van der Waals surface area contributed by atoms with Gasteiger partial charge in [-0.3, -0.25) is 0 Å². The maximum Gasteiger partial charge on any atom is 0.154 e. The summed E-state index contributed by atoms with van der Waals surface area (Å²) in [5.74, 6) is 0. The molecule has 3 nitrogen and oxygen atoms in total. The van der Waals surface area contributed by atoms with Gasteiger partial charge in [0.05, 0.1) is 6.61 Å². The number of nitrogens with two attached hydrogens (primary N) is 1. The monoisotopic (exact) mass is 104 g/mol. The molecule has 1 atom stereocenters. The van der Waals surface area contributed by atoms with Gasteiger partial charge in [0.25, 0.3) is 0 Å². The largest absolute Gasteiger partial charge is 0.368 e. The minimum absolute atomic E-state index is 0.366. The van der Waals surface area contributed by atoms with Crippen LogP contribution >= 0.6 is 0 Å². The zero-order valence-corrected chi connectivity index (χ0v) is 4.13. The molecule has 3 heteroatoms. The summed E-state index contributed by atoms with van der Waals surface area (Å²) in [7, 11) is 0. The first-order chi connectivity index (χ1) is 3.27. The highest BCUT2D eigenvalue weighted by molar-refractivity contribution is 4.39. The molecule has 0 bridgehead atoms. The van der Waals surface area contributed by atoms with Crippen LogP contribution in [0.1, 0.15) is 0 Å². The van der Waals surface area contributed by atoms with Crippen molar-refractivity contribution in [1.82, 2.24) is 0 Å². The van der Waals surface area contributed by atoms with Gasteiger partial charge in [-0.05, 0) is 0 Å². The highest BCUT2D eigenvalue weighted by Crippen LogP contribution is 1.78. The van der Waals surface area contributed by atoms with Crippen molar-refractivity contribution < 1.29 is 9.84 Å². The Morgan fingerprint density at radius 2 is 2.43 bits per heavy atom. The number of rotatable bonds is 3. The Morgan fingerprint density at radius 1 is 1.86 bits per heavy atom. The number of aliphatic hydroxyl groups excluding tert-OH is 1. The van der Waals surface area contributed by atoms with E-state index in [0.29, 0.717) is 13.2 Å². The molecule has 0 spiro atoms. The molecule has 3 N–H and O–H groups in total. The minimum Gasteiger partial charge on any atom is -0.368 e. The first kappa shape index (κ1) is 6.88. The zero-order valence-electron chi connectivity index (χ0n) is 4.13. The predicted octanol–water partition coefficient (Wildman–Crippen LogP) is -0.886. The molecule has 0 saturated heterocycles. The van der Waals surface area contributed by atoms with E-state index < -0.39 is 6.29 Å². The predicted molar refractivity (Wildman–Crippen MR) is 26.4 cm³/mol. The van der Waals surface area contributed by atoms with Crippen LogP contribution in [-0.2, 0) is 4.74 Å². The van der Waals surface area contributed by atoms with Crippen LogP contribution < -0.4 is 5.73 Å². The van der Waals surface area contributed by atoms with Gasteiger partial charge in [0, 0.05) is 13.5 Å². The maximum absolute atomic E-state index is 8.29. The quantitative estimate of drug-likeness (QED) is 0.457. The fourth-order valence-corrected chi connectivity index (χ4v) is 0.204. The molecule has 0 amide bonds. The van der Waals surface area contributed by atoms with Gasteiger partial charge in [0.15, 0.2) is 6.29 Å². The molecule has 0 fully saturated rings. The topological polar surface area (TPSA) is 55.5 Å². The lowest BCUT2D eigenvalue weighted by molar-refractivity contribution is -0.0630. The average molecular weight is 104 g/mol. The summed E-state index contributed by atoms with van der Waals surface area (Å²) >= 11 is 0. The Hall–Kier alpha value is -0.120. The van der Waals surface area contributed by atoms with Crippen LogP contribution in [0.2, 0.25) is 0 Å². The molecule has 43 valence electrons. The summed E-state index contributed by atoms with van der Waals surface area (Å²) in [6.07, 6.45) is -0.927. The Labute approximate surface area is 43.1 Å². The van der Waals surface area contributed by atoms with E-state index in [1.807, 2.05) is 0 Å². The average Bonchev–Trinajstić information content (AvgIpc) is 1.61. The summed E-state index contributed by atoms with van der Waals surface area (Å²) in [4.78, 5) is 0. The molecule has 0 rings (SSSR count). The SMILES string of the molecule is [CH2]C(O)OCCN. The van der Waals surface area contributed by atoms with E-state index in [1.165, 1.54) is 0 Å². The van der Waals surface area contributed by atoms with Gasteiger partial charge in [-0.25, -0.2) is 0 Å². The third kappa shape index (κ3) is 5.88. The summed E-state index contributed by atoms with van der Waals surface area (Å²) < 4.78 is 4.51. The lowest BCUT2D eigenvalue weighted by Gasteiger charge is -2.01. The second-order valence-corrected chi connectivity index (χ2v) is 1.11. The van der Waals surface area contributed by atoms with E-state index in [4.69, 9.17) is 10.8 Å². The molecule has 7 heavy (non-hydrogen) atoms. The van der Waals surface area contributed by atoms with Crippen LogP contribution in [0.25, 0.3) is 0 Å². The van der Waals surface area contributed by atoms with Crippen LogP contribution in [0.5, 0.6) is 0 Å². The van der Waals surface area contributed by atoms with Crippen molar-refractivity contribution in [2.24, 2.45) is 5.73 Å². The molecule has 0 aromatic carbocycles. The standard InChI is InChI=1S/C4H10NO2/c1-4(6)7-3-2-5/h4,6H,1-3,5H2. The highest BCUT2D eigenvalue weighted by Gasteiger charge is 1.88. The van der Waals surface area contributed by atoms with Crippen LogP contribution in [-0.4, -0.2) is 24.5 Å². The smallest absolute Gasteiger partial charge is 0.154 e. The van der Waals surface area contributed by atoms with Crippen molar-refractivity contribution in [3.05, 3.63) is 6.92 Å². The van der Waals surface area contributed by atoms with Crippen molar-refractivity contribution in [2.75, 3.05) is 13.2 Å². The molecule has 0 aliphatic carbocycles. The summed E-state index contributed by atoms with van der Waals surface area (Å²) in [6, 6.07) is 0. The van der Waals surface area contributed by atoms with E-state index in [0.717, 1.165) is 0 Å². The first-order valence-electron chi connectivity index (χ1n) is 2.10. The number of hydrogen-bond acceptors (Lipinski definition) is 3. The van der Waals surface area contributed by atoms with Gasteiger partial charge in [0.1, 0.15) is 0 Å². The maximum atomic E-state index is 8.29. The van der Waals surface area contributed by atoms with Crippen LogP contribution in [0.3, 0.4) is 0 Å². The Morgan fingerprint density at radius 3 is 2.57 bits per heavy atom. The number of aliphatic hydroxyl groups is 1. The van der Waals surface area contributed by atoms with Gasteiger partial charge >= 0.3 is 0 Å². The van der Waals surface area contributed by atoms with E-state index >= 15 is 0 Å². The number of hydrogen-bond donors (Lipinski definition) is 2. The van der Waals surface area contributed by atoms with Crippen molar-refractivity contribution in [3.8, 4) is 0 Å². The second-order valence-electron chi connectivity index (χ2n) is 1.11. The molecule has 0 aliphatic heterocycles. The van der Waals surface area contributed by atoms with Gasteiger partial charge in [-0.1, -0.05) is 0 Å². The fraction of sp³-hybridized carbons (Fsp3) is 0.750. The van der Waals surface area contributed by atoms with Crippen molar-refractivity contribution >= 4 is 0 Å². The van der Waals surface area contributed by atoms with Gasteiger partial charge in [-0.2, -0.15) is 0 Å². The van der Waals surface area contributed by atoms with Crippen LogP contribution in [0, 0.1) is 6.92 Å². The molecule has 0 heterocycles. The fourth-order valence-electron chi connectivity index (χ4n) is 0.204. The van der Waals surface area contributed by atoms with E-state index in [2.05, 4.69) is 11.7 Å². The van der Waals surface area contributed by atoms with Gasteiger partial charge in [0.2, 0.25) is 0 Å². The molecule has 0 saturated carbocycles. The zero-order chi connectivity index (χ0) is 5.70. The van der Waals surface area contributed by atoms with E-state index in [9.17, 15) is 0 Å². The number of ether oxygens (including phenoxy) is 1. The third-order valence-corrected chi connectivity index (χ3v) is 0.428. The Kier molecular flexibility index (Phi) is 3.98. The molecule has 1 radical (unpaired) electrons. The van der Waals surface area contributed by atoms with Crippen LogP contribution in [0.15, 0.2) is 0 Å². The normalized spacial score (nSPS) is 14.1. The van der Waals surface area contributed by atoms with Gasteiger partial charge in [-0.15, -0.1) is 0 Å². The van der Waals surface area contributed by atoms with Crippen LogP contribution in [0.4, 0.5) is 0 Å². The van der Waals surface area contributed by atoms with Gasteiger partial charge < -0.3 is 15.6 Å². The lowest BCUT2D eigenvalue weighted by atomic mass is 10.7. The van der Waals surface area contributed by atoms with Crippen molar-refractivity contribution in [1.29, 1.82) is 0 Å². The molecular weight excluding hydrogens is 94.0 g/mol. The van der Waals surface area contributed by atoms with Crippen molar-refractivity contribution in [3.63, 3.8) is 0 Å².